The number of benzene rings is 1. The van der Waals surface area contributed by atoms with Gasteiger partial charge in [-0.15, -0.1) is 0 Å². The van der Waals surface area contributed by atoms with E-state index in [0.717, 1.165) is 16.9 Å². The van der Waals surface area contributed by atoms with Gasteiger partial charge in [-0.05, 0) is 37.1 Å². The standard InChI is InChI=1S/C19H22N4O4/c1-14-4-3-5-17(15(14)2)27-13-19(24)22-10-8-21(9-11-22)18-7-6-16(12-20-18)23(25)26/h3-7,12H,8-11,13H2,1-2H3. The van der Waals surface area contributed by atoms with E-state index in [1.54, 1.807) is 11.0 Å². The van der Waals surface area contributed by atoms with Gasteiger partial charge < -0.3 is 14.5 Å². The molecule has 0 N–H and O–H groups in total. The number of nitrogens with zero attached hydrogens (tertiary/aromatic N) is 4. The molecule has 142 valence electrons. The Hall–Kier alpha value is -3.16. The number of aromatic nitrogens is 1. The maximum Gasteiger partial charge on any atom is 0.287 e. The number of hydrogen-bond acceptors (Lipinski definition) is 6. The van der Waals surface area contributed by atoms with Gasteiger partial charge in [0.2, 0.25) is 0 Å². The van der Waals surface area contributed by atoms with Crippen LogP contribution in [0.4, 0.5) is 11.5 Å². The molecule has 1 aliphatic rings. The van der Waals surface area contributed by atoms with Crippen molar-refractivity contribution in [1.82, 2.24) is 9.88 Å². The minimum absolute atomic E-state index is 0.0140. The van der Waals surface area contributed by atoms with Crippen molar-refractivity contribution in [2.75, 3.05) is 37.7 Å². The van der Waals surface area contributed by atoms with Crippen LogP contribution in [0, 0.1) is 24.0 Å². The minimum Gasteiger partial charge on any atom is -0.483 e. The van der Waals surface area contributed by atoms with E-state index in [9.17, 15) is 14.9 Å². The van der Waals surface area contributed by atoms with Crippen LogP contribution in [0.3, 0.4) is 0 Å². The second kappa shape index (κ2) is 8.03. The number of rotatable bonds is 5. The molecule has 0 spiro atoms. The van der Waals surface area contributed by atoms with Gasteiger partial charge in [0.25, 0.3) is 11.6 Å². The molecule has 8 nitrogen and oxygen atoms in total. The highest BCUT2D eigenvalue weighted by Crippen LogP contribution is 2.21. The number of anilines is 1. The summed E-state index contributed by atoms with van der Waals surface area (Å²) in [6, 6.07) is 8.87. The summed E-state index contributed by atoms with van der Waals surface area (Å²) in [6.07, 6.45) is 1.25. The third-order valence-electron chi connectivity index (χ3n) is 4.81. The molecule has 0 bridgehead atoms. The first-order chi connectivity index (χ1) is 13.0. The number of aryl methyl sites for hydroxylation is 1. The van der Waals surface area contributed by atoms with Crippen molar-refractivity contribution in [2.24, 2.45) is 0 Å². The molecular weight excluding hydrogens is 348 g/mol. The van der Waals surface area contributed by atoms with E-state index in [2.05, 4.69) is 4.98 Å². The van der Waals surface area contributed by atoms with Crippen molar-refractivity contribution in [3.05, 3.63) is 57.8 Å². The van der Waals surface area contributed by atoms with Crippen LogP contribution in [0.5, 0.6) is 5.75 Å². The second-order valence-corrected chi connectivity index (χ2v) is 6.49. The molecule has 8 heteroatoms. The first-order valence-electron chi connectivity index (χ1n) is 8.78. The average Bonchev–Trinajstić information content (AvgIpc) is 2.69. The Bertz CT molecular complexity index is 830. The summed E-state index contributed by atoms with van der Waals surface area (Å²) in [5.41, 5.74) is 2.14. The van der Waals surface area contributed by atoms with E-state index in [0.29, 0.717) is 32.0 Å². The van der Waals surface area contributed by atoms with Crippen LogP contribution in [-0.4, -0.2) is 53.5 Å². The molecule has 1 aromatic heterocycles. The molecule has 0 unspecified atom stereocenters. The number of pyridine rings is 1. The van der Waals surface area contributed by atoms with Crippen molar-refractivity contribution in [3.63, 3.8) is 0 Å². The monoisotopic (exact) mass is 370 g/mol. The van der Waals surface area contributed by atoms with E-state index in [-0.39, 0.29) is 18.2 Å². The number of amides is 1. The van der Waals surface area contributed by atoms with E-state index in [4.69, 9.17) is 4.74 Å². The van der Waals surface area contributed by atoms with Crippen LogP contribution in [0.25, 0.3) is 0 Å². The Morgan fingerprint density at radius 1 is 1.19 bits per heavy atom. The number of nitro groups is 1. The zero-order chi connectivity index (χ0) is 19.4. The summed E-state index contributed by atoms with van der Waals surface area (Å²) in [6.45, 7) is 6.38. The maximum absolute atomic E-state index is 12.4. The van der Waals surface area contributed by atoms with Crippen molar-refractivity contribution in [3.8, 4) is 5.75 Å². The number of hydrogen-bond donors (Lipinski definition) is 0. The van der Waals surface area contributed by atoms with Gasteiger partial charge in [-0.25, -0.2) is 4.98 Å². The highest BCUT2D eigenvalue weighted by atomic mass is 16.6. The zero-order valence-electron chi connectivity index (χ0n) is 15.4. The lowest BCUT2D eigenvalue weighted by molar-refractivity contribution is -0.385. The number of carbonyl (C=O) groups excluding carboxylic acids is 1. The zero-order valence-corrected chi connectivity index (χ0v) is 15.4. The van der Waals surface area contributed by atoms with Crippen LogP contribution in [0.2, 0.25) is 0 Å². The van der Waals surface area contributed by atoms with E-state index >= 15 is 0 Å². The fourth-order valence-electron chi connectivity index (χ4n) is 2.97. The van der Waals surface area contributed by atoms with Crippen molar-refractivity contribution < 1.29 is 14.5 Å². The summed E-state index contributed by atoms with van der Waals surface area (Å²) in [5.74, 6) is 1.36. The van der Waals surface area contributed by atoms with Crippen LogP contribution in [-0.2, 0) is 4.79 Å². The van der Waals surface area contributed by atoms with E-state index in [1.807, 2.05) is 36.9 Å². The minimum atomic E-state index is -0.469. The number of ether oxygens (including phenoxy) is 1. The Kier molecular flexibility index (Phi) is 5.54. The Labute approximate surface area is 157 Å². The molecule has 1 fully saturated rings. The first kappa shape index (κ1) is 18.6. The predicted octanol–water partition coefficient (Wildman–Crippen LogP) is 2.33. The third kappa shape index (κ3) is 4.33. The second-order valence-electron chi connectivity index (χ2n) is 6.49. The summed E-state index contributed by atoms with van der Waals surface area (Å²) < 4.78 is 5.70. The van der Waals surface area contributed by atoms with Gasteiger partial charge in [-0.2, -0.15) is 0 Å². The van der Waals surface area contributed by atoms with Crippen LogP contribution in [0.15, 0.2) is 36.5 Å². The molecule has 3 rings (SSSR count). The Morgan fingerprint density at radius 2 is 1.93 bits per heavy atom. The van der Waals surface area contributed by atoms with Gasteiger partial charge in [0.15, 0.2) is 6.61 Å². The lowest BCUT2D eigenvalue weighted by Crippen LogP contribution is -2.50. The molecule has 0 aliphatic carbocycles. The van der Waals surface area contributed by atoms with Crippen molar-refractivity contribution in [1.29, 1.82) is 0 Å². The summed E-state index contributed by atoms with van der Waals surface area (Å²) in [4.78, 5) is 30.6. The van der Waals surface area contributed by atoms with E-state index < -0.39 is 4.92 Å². The third-order valence-corrected chi connectivity index (χ3v) is 4.81. The first-order valence-corrected chi connectivity index (χ1v) is 8.78. The lowest BCUT2D eigenvalue weighted by atomic mass is 10.1. The highest BCUT2D eigenvalue weighted by Gasteiger charge is 2.22. The lowest BCUT2D eigenvalue weighted by Gasteiger charge is -2.35. The summed E-state index contributed by atoms with van der Waals surface area (Å²) in [5, 5.41) is 10.7. The molecule has 0 radical (unpaired) electrons. The molecule has 2 aromatic rings. The fourth-order valence-corrected chi connectivity index (χ4v) is 2.97. The largest absolute Gasteiger partial charge is 0.483 e. The topological polar surface area (TPSA) is 88.8 Å². The fraction of sp³-hybridized carbons (Fsp3) is 0.368. The molecule has 27 heavy (non-hydrogen) atoms. The quantitative estimate of drug-likeness (QED) is 0.593. The summed E-state index contributed by atoms with van der Waals surface area (Å²) in [7, 11) is 0. The van der Waals surface area contributed by atoms with Gasteiger partial charge in [-0.3, -0.25) is 14.9 Å². The molecule has 1 aromatic carbocycles. The molecular formula is C19H22N4O4. The molecule has 0 atom stereocenters. The normalized spacial score (nSPS) is 14.1. The Morgan fingerprint density at radius 3 is 2.56 bits per heavy atom. The Balaban J connectivity index is 1.51. The van der Waals surface area contributed by atoms with Crippen LogP contribution >= 0.6 is 0 Å². The molecule has 1 aliphatic heterocycles. The molecule has 0 saturated carbocycles. The average molecular weight is 370 g/mol. The van der Waals surface area contributed by atoms with Gasteiger partial charge in [0, 0.05) is 32.2 Å². The molecule has 1 amide bonds. The molecule has 1 saturated heterocycles. The van der Waals surface area contributed by atoms with Crippen molar-refractivity contribution >= 4 is 17.4 Å². The van der Waals surface area contributed by atoms with Crippen LogP contribution < -0.4 is 9.64 Å². The maximum atomic E-state index is 12.4. The smallest absolute Gasteiger partial charge is 0.287 e. The van der Waals surface area contributed by atoms with Gasteiger partial charge in [0.05, 0.1) is 4.92 Å². The highest BCUT2D eigenvalue weighted by molar-refractivity contribution is 5.78. The van der Waals surface area contributed by atoms with Crippen molar-refractivity contribution in [2.45, 2.75) is 13.8 Å². The van der Waals surface area contributed by atoms with Crippen LogP contribution in [0.1, 0.15) is 11.1 Å². The van der Waals surface area contributed by atoms with Gasteiger partial charge >= 0.3 is 0 Å². The predicted molar refractivity (Wildman–Crippen MR) is 101 cm³/mol. The molecule has 2 heterocycles. The van der Waals surface area contributed by atoms with E-state index in [1.165, 1.54) is 12.3 Å². The van der Waals surface area contributed by atoms with Gasteiger partial charge in [0.1, 0.15) is 17.8 Å². The van der Waals surface area contributed by atoms with Gasteiger partial charge in [-0.1, -0.05) is 12.1 Å². The summed E-state index contributed by atoms with van der Waals surface area (Å²) >= 11 is 0. The number of carbonyl (C=O) groups is 1. The SMILES string of the molecule is Cc1cccc(OCC(=O)N2CCN(c3ccc([N+](=O)[O-])cn3)CC2)c1C. The number of piperazine rings is 1.